The molecule has 0 radical (unpaired) electrons. The number of hydrogen-bond acceptors (Lipinski definition) is 6. The summed E-state index contributed by atoms with van der Waals surface area (Å²) in [6.45, 7) is 4.87. The number of amides is 1. The largest absolute Gasteiger partial charge is 0.467 e. The average Bonchev–Trinajstić information content (AvgIpc) is 2.52. The van der Waals surface area contributed by atoms with Crippen molar-refractivity contribution in [3.63, 3.8) is 0 Å². The van der Waals surface area contributed by atoms with Gasteiger partial charge in [-0.1, -0.05) is 0 Å². The van der Waals surface area contributed by atoms with Crippen molar-refractivity contribution < 1.29 is 29.3 Å². The molecule has 0 aromatic rings. The molecule has 0 aromatic heterocycles. The van der Waals surface area contributed by atoms with Crippen LogP contribution in [0.2, 0.25) is 0 Å². The second kappa shape index (κ2) is 5.11. The molecule has 1 aliphatic rings. The van der Waals surface area contributed by atoms with E-state index in [1.165, 1.54) is 0 Å². The number of rotatable bonds is 1. The summed E-state index contributed by atoms with van der Waals surface area (Å²) >= 11 is 0. The molecule has 1 fully saturated rings. The predicted molar refractivity (Wildman–Crippen MR) is 60.8 cm³/mol. The summed E-state index contributed by atoms with van der Waals surface area (Å²) in [5.74, 6) is -0.787. The molecular weight excluding hydrogens is 242 g/mol. The molecule has 3 atom stereocenters. The van der Waals surface area contributed by atoms with E-state index < -0.39 is 35.9 Å². The molecule has 1 amide bonds. The summed E-state index contributed by atoms with van der Waals surface area (Å²) in [7, 11) is 1.15. The highest BCUT2D eigenvalue weighted by Crippen LogP contribution is 2.22. The minimum atomic E-state index is -1.37. The SMILES string of the molecule is COC(=O)[C@@H]1[C@@H](O)[C@H](O)CN1C(=O)OC(C)(C)C. The minimum absolute atomic E-state index is 0.171. The third-order valence-electron chi connectivity index (χ3n) is 2.51. The zero-order valence-electron chi connectivity index (χ0n) is 10.9. The van der Waals surface area contributed by atoms with Crippen molar-refractivity contribution in [1.82, 2.24) is 4.90 Å². The smallest absolute Gasteiger partial charge is 0.411 e. The van der Waals surface area contributed by atoms with Gasteiger partial charge in [0, 0.05) is 0 Å². The molecular formula is C11H19NO6. The van der Waals surface area contributed by atoms with Gasteiger partial charge >= 0.3 is 12.1 Å². The number of aliphatic hydroxyl groups excluding tert-OH is 2. The fraction of sp³-hybridized carbons (Fsp3) is 0.818. The standard InChI is InChI=1S/C11H19NO6/c1-11(2,3)18-10(16)12-5-6(13)8(14)7(12)9(15)17-4/h6-8,13-14H,5H2,1-4H3/t6-,7+,8+/m1/s1. The second-order valence-corrected chi connectivity index (χ2v) is 5.16. The van der Waals surface area contributed by atoms with Crippen LogP contribution >= 0.6 is 0 Å². The van der Waals surface area contributed by atoms with Crippen LogP contribution in [0.3, 0.4) is 0 Å². The van der Waals surface area contributed by atoms with Crippen molar-refractivity contribution in [3.05, 3.63) is 0 Å². The first-order chi connectivity index (χ1) is 8.17. The maximum absolute atomic E-state index is 11.9. The molecule has 1 saturated heterocycles. The van der Waals surface area contributed by atoms with Crippen molar-refractivity contribution in [2.45, 2.75) is 44.6 Å². The normalized spacial score (nSPS) is 28.1. The molecule has 0 saturated carbocycles. The lowest BCUT2D eigenvalue weighted by atomic mass is 10.1. The number of aliphatic hydroxyl groups is 2. The first-order valence-corrected chi connectivity index (χ1v) is 5.61. The van der Waals surface area contributed by atoms with Gasteiger partial charge in [-0.2, -0.15) is 0 Å². The van der Waals surface area contributed by atoms with Crippen LogP contribution in [0, 0.1) is 0 Å². The lowest BCUT2D eigenvalue weighted by molar-refractivity contribution is -0.149. The molecule has 1 aliphatic heterocycles. The van der Waals surface area contributed by atoms with Crippen molar-refractivity contribution in [3.8, 4) is 0 Å². The van der Waals surface area contributed by atoms with Gasteiger partial charge in [0.25, 0.3) is 0 Å². The quantitative estimate of drug-likeness (QED) is 0.618. The van der Waals surface area contributed by atoms with E-state index in [-0.39, 0.29) is 6.54 Å². The Bertz CT molecular complexity index is 337. The van der Waals surface area contributed by atoms with Crippen molar-refractivity contribution in [2.75, 3.05) is 13.7 Å². The van der Waals surface area contributed by atoms with Crippen molar-refractivity contribution >= 4 is 12.1 Å². The lowest BCUT2D eigenvalue weighted by Gasteiger charge is -2.27. The molecule has 104 valence electrons. The third-order valence-corrected chi connectivity index (χ3v) is 2.51. The summed E-state index contributed by atoms with van der Waals surface area (Å²) in [5, 5.41) is 19.2. The fourth-order valence-electron chi connectivity index (χ4n) is 1.71. The predicted octanol–water partition coefficient (Wildman–Crippen LogP) is -0.500. The molecule has 0 aliphatic carbocycles. The van der Waals surface area contributed by atoms with Gasteiger partial charge < -0.3 is 19.7 Å². The fourth-order valence-corrected chi connectivity index (χ4v) is 1.71. The van der Waals surface area contributed by atoms with Gasteiger partial charge in [0.15, 0.2) is 6.04 Å². The molecule has 1 rings (SSSR count). The Morgan fingerprint density at radius 3 is 2.28 bits per heavy atom. The lowest BCUT2D eigenvalue weighted by Crippen LogP contribution is -2.47. The van der Waals surface area contributed by atoms with E-state index >= 15 is 0 Å². The Balaban J connectivity index is 2.86. The van der Waals surface area contributed by atoms with Crippen LogP contribution in [0.15, 0.2) is 0 Å². The van der Waals surface area contributed by atoms with Gasteiger partial charge in [0.2, 0.25) is 0 Å². The van der Waals surface area contributed by atoms with Gasteiger partial charge in [-0.25, -0.2) is 9.59 Å². The van der Waals surface area contributed by atoms with E-state index in [9.17, 15) is 19.8 Å². The molecule has 0 unspecified atom stereocenters. The first-order valence-electron chi connectivity index (χ1n) is 5.61. The molecule has 0 bridgehead atoms. The van der Waals surface area contributed by atoms with Crippen molar-refractivity contribution in [2.24, 2.45) is 0 Å². The van der Waals surface area contributed by atoms with Gasteiger partial charge in [-0.05, 0) is 20.8 Å². The number of ether oxygens (including phenoxy) is 2. The van der Waals surface area contributed by atoms with E-state index in [0.717, 1.165) is 12.0 Å². The number of hydrogen-bond donors (Lipinski definition) is 2. The minimum Gasteiger partial charge on any atom is -0.467 e. The number of likely N-dealkylation sites (tertiary alicyclic amines) is 1. The van der Waals surface area contributed by atoms with Crippen molar-refractivity contribution in [1.29, 1.82) is 0 Å². The van der Waals surface area contributed by atoms with Crippen LogP contribution in [-0.4, -0.2) is 64.7 Å². The molecule has 2 N–H and O–H groups in total. The summed E-state index contributed by atoms with van der Waals surface area (Å²) in [6.07, 6.45) is -3.33. The van der Waals surface area contributed by atoms with Crippen LogP contribution < -0.4 is 0 Å². The Morgan fingerprint density at radius 1 is 1.28 bits per heavy atom. The molecule has 18 heavy (non-hydrogen) atoms. The zero-order chi connectivity index (χ0) is 14.1. The summed E-state index contributed by atoms with van der Waals surface area (Å²) in [4.78, 5) is 24.3. The number of methoxy groups -OCH3 is 1. The Hall–Kier alpha value is -1.34. The Morgan fingerprint density at radius 2 is 1.83 bits per heavy atom. The van der Waals surface area contributed by atoms with Gasteiger partial charge in [0.05, 0.1) is 13.7 Å². The first kappa shape index (κ1) is 14.7. The van der Waals surface area contributed by atoms with Crippen LogP contribution in [0.4, 0.5) is 4.79 Å². The average molecular weight is 261 g/mol. The summed E-state index contributed by atoms with van der Waals surface area (Å²) < 4.78 is 9.60. The van der Waals surface area contributed by atoms with Crippen LogP contribution in [-0.2, 0) is 14.3 Å². The van der Waals surface area contributed by atoms with Gasteiger partial charge in [-0.15, -0.1) is 0 Å². The van der Waals surface area contributed by atoms with Crippen LogP contribution in [0.25, 0.3) is 0 Å². The van der Waals surface area contributed by atoms with E-state index in [2.05, 4.69) is 4.74 Å². The number of nitrogens with zero attached hydrogens (tertiary/aromatic N) is 1. The number of esters is 1. The maximum Gasteiger partial charge on any atom is 0.411 e. The number of carbonyl (C=O) groups is 2. The second-order valence-electron chi connectivity index (χ2n) is 5.16. The maximum atomic E-state index is 11.9. The van der Waals surface area contributed by atoms with Crippen LogP contribution in [0.5, 0.6) is 0 Å². The Kier molecular flexibility index (Phi) is 4.18. The summed E-state index contributed by atoms with van der Waals surface area (Å²) in [6, 6.07) is -1.24. The topological polar surface area (TPSA) is 96.3 Å². The van der Waals surface area contributed by atoms with Gasteiger partial charge in [0.1, 0.15) is 17.8 Å². The highest BCUT2D eigenvalue weighted by atomic mass is 16.6. The van der Waals surface area contributed by atoms with E-state index in [1.54, 1.807) is 20.8 Å². The van der Waals surface area contributed by atoms with E-state index in [4.69, 9.17) is 4.74 Å². The monoisotopic (exact) mass is 261 g/mol. The molecule has 0 spiro atoms. The highest BCUT2D eigenvalue weighted by Gasteiger charge is 2.48. The van der Waals surface area contributed by atoms with E-state index in [1.807, 2.05) is 0 Å². The van der Waals surface area contributed by atoms with Crippen LogP contribution in [0.1, 0.15) is 20.8 Å². The third kappa shape index (κ3) is 3.11. The molecule has 1 heterocycles. The molecule has 7 heteroatoms. The number of β-amino-alcohol motifs (C(OH)–C–C–N with tert-alkyl or cyclic N) is 1. The zero-order valence-corrected chi connectivity index (χ0v) is 10.9. The van der Waals surface area contributed by atoms with Gasteiger partial charge in [-0.3, -0.25) is 4.90 Å². The summed E-state index contributed by atoms with van der Waals surface area (Å²) in [5.41, 5.74) is -0.726. The highest BCUT2D eigenvalue weighted by molar-refractivity contribution is 5.83. The Labute approximate surface area is 105 Å². The molecule has 7 nitrogen and oxygen atoms in total. The van der Waals surface area contributed by atoms with E-state index in [0.29, 0.717) is 0 Å². The molecule has 0 aromatic carbocycles. The number of carbonyl (C=O) groups excluding carboxylic acids is 2.